The first kappa shape index (κ1) is 20.4. The number of hydrogen-bond acceptors (Lipinski definition) is 6. The van der Waals surface area contributed by atoms with Crippen LogP contribution >= 0.6 is 0 Å². The molecule has 2 fully saturated rings. The van der Waals surface area contributed by atoms with E-state index in [1.54, 1.807) is 0 Å². The molecule has 0 amide bonds. The molecule has 1 saturated carbocycles. The maximum Gasteiger partial charge on any atom is 0.452 e. The zero-order valence-corrected chi connectivity index (χ0v) is 16.5. The van der Waals surface area contributed by atoms with Crippen molar-refractivity contribution in [1.29, 1.82) is 0 Å². The third kappa shape index (κ3) is 3.49. The minimum atomic E-state index is -4.70. The first-order valence-electron chi connectivity index (χ1n) is 9.41. The molecule has 0 unspecified atom stereocenters. The van der Waals surface area contributed by atoms with Crippen molar-refractivity contribution in [3.63, 3.8) is 0 Å². The first-order chi connectivity index (χ1) is 13.5. The van der Waals surface area contributed by atoms with Gasteiger partial charge in [0, 0.05) is 25.1 Å². The van der Waals surface area contributed by atoms with Gasteiger partial charge in [-0.2, -0.15) is 17.5 Å². The van der Waals surface area contributed by atoms with Crippen LogP contribution in [0.4, 0.5) is 13.2 Å². The highest BCUT2D eigenvalue weighted by molar-refractivity contribution is 7.89. The number of furan rings is 1. The molecule has 0 spiro atoms. The van der Waals surface area contributed by atoms with E-state index >= 15 is 0 Å². The van der Waals surface area contributed by atoms with Gasteiger partial charge < -0.3 is 14.0 Å². The number of hydrogen-bond donors (Lipinski definition) is 1. The predicted molar refractivity (Wildman–Crippen MR) is 94.0 cm³/mol. The molecule has 29 heavy (non-hydrogen) atoms. The normalized spacial score (nSPS) is 28.6. The summed E-state index contributed by atoms with van der Waals surface area (Å²) < 4.78 is 74.9. The Kier molecular flexibility index (Phi) is 4.82. The van der Waals surface area contributed by atoms with E-state index in [0.29, 0.717) is 18.9 Å². The average molecular weight is 434 g/mol. The summed E-state index contributed by atoms with van der Waals surface area (Å²) >= 11 is 0. The zero-order valence-electron chi connectivity index (χ0n) is 15.6. The van der Waals surface area contributed by atoms with Crippen molar-refractivity contribution >= 4 is 10.0 Å². The summed E-state index contributed by atoms with van der Waals surface area (Å²) in [7, 11) is -3.99. The molecule has 160 valence electrons. The van der Waals surface area contributed by atoms with Crippen molar-refractivity contribution in [3.05, 3.63) is 24.0 Å². The van der Waals surface area contributed by atoms with Gasteiger partial charge in [-0.1, -0.05) is 18.5 Å². The van der Waals surface area contributed by atoms with Gasteiger partial charge in [-0.3, -0.25) is 0 Å². The minimum Gasteiger partial charge on any atom is -0.441 e. The number of rotatable bonds is 4. The molecule has 2 aromatic heterocycles. The lowest BCUT2D eigenvalue weighted by atomic mass is 9.69. The van der Waals surface area contributed by atoms with E-state index in [0.717, 1.165) is 12.8 Å². The lowest BCUT2D eigenvalue weighted by molar-refractivity contribution is -0.155. The van der Waals surface area contributed by atoms with Crippen molar-refractivity contribution in [3.8, 4) is 11.5 Å². The maximum absolute atomic E-state index is 13.0. The number of sulfonamides is 1. The van der Waals surface area contributed by atoms with Crippen molar-refractivity contribution in [2.24, 2.45) is 11.8 Å². The molecule has 1 aliphatic carbocycles. The number of fused-ring (bicyclic) bond motifs is 1. The lowest BCUT2D eigenvalue weighted by Crippen LogP contribution is -2.44. The third-order valence-electron chi connectivity index (χ3n) is 6.11. The molecule has 3 heterocycles. The van der Waals surface area contributed by atoms with E-state index in [-0.39, 0.29) is 41.5 Å². The Bertz CT molecular complexity index is 999. The van der Waals surface area contributed by atoms with Crippen molar-refractivity contribution in [2.75, 3.05) is 13.1 Å². The molecule has 2 aliphatic rings. The lowest BCUT2D eigenvalue weighted by Gasteiger charge is -2.40. The van der Waals surface area contributed by atoms with Crippen LogP contribution in [0.3, 0.4) is 0 Å². The van der Waals surface area contributed by atoms with Gasteiger partial charge >= 0.3 is 6.18 Å². The topological polar surface area (TPSA) is 96.8 Å². The number of alkyl halides is 3. The summed E-state index contributed by atoms with van der Waals surface area (Å²) in [5.74, 6) is -1.50. The van der Waals surface area contributed by atoms with Gasteiger partial charge in [0.05, 0.1) is 5.60 Å². The average Bonchev–Trinajstić information content (AvgIpc) is 3.38. The molecule has 0 bridgehead atoms. The van der Waals surface area contributed by atoms with E-state index in [1.807, 2.05) is 6.92 Å². The standard InChI is InChI=1S/C18H21F3N2O5S/c1-2-17(24)7-3-4-11-9-23(10-12(11)17)29(25,26)16-6-5-14(27-16)13-8-15(28-22-13)18(19,20)21/h5-6,8,11-12,24H,2-4,7,9-10H2,1H3/t11-,12+,17-/m1/s1. The number of aromatic nitrogens is 1. The summed E-state index contributed by atoms with van der Waals surface area (Å²) in [5, 5.41) is 13.8. The summed E-state index contributed by atoms with van der Waals surface area (Å²) in [4.78, 5) is 0. The Labute approximate surface area is 165 Å². The smallest absolute Gasteiger partial charge is 0.441 e. The fourth-order valence-electron chi connectivity index (χ4n) is 4.47. The van der Waals surface area contributed by atoms with Crippen LogP contribution in [0.5, 0.6) is 0 Å². The Morgan fingerprint density at radius 2 is 2.10 bits per heavy atom. The number of nitrogens with zero attached hydrogens (tertiary/aromatic N) is 2. The molecule has 1 aliphatic heterocycles. The Morgan fingerprint density at radius 1 is 1.34 bits per heavy atom. The second-order valence-electron chi connectivity index (χ2n) is 7.73. The fraction of sp³-hybridized carbons (Fsp3) is 0.611. The minimum absolute atomic E-state index is 0.0720. The van der Waals surface area contributed by atoms with Gasteiger partial charge in [0.1, 0.15) is 5.69 Å². The largest absolute Gasteiger partial charge is 0.452 e. The highest BCUT2D eigenvalue weighted by Gasteiger charge is 2.50. The van der Waals surface area contributed by atoms with Crippen LogP contribution in [0.2, 0.25) is 0 Å². The van der Waals surface area contributed by atoms with Gasteiger partial charge in [-0.25, -0.2) is 8.42 Å². The van der Waals surface area contributed by atoms with Crippen molar-refractivity contribution in [1.82, 2.24) is 9.46 Å². The second kappa shape index (κ2) is 6.85. The monoisotopic (exact) mass is 434 g/mol. The summed E-state index contributed by atoms with van der Waals surface area (Å²) in [6.45, 7) is 2.37. The molecule has 0 radical (unpaired) electrons. The van der Waals surface area contributed by atoms with E-state index < -0.39 is 27.6 Å². The molecule has 4 rings (SSSR count). The van der Waals surface area contributed by atoms with Gasteiger partial charge in [-0.15, -0.1) is 0 Å². The van der Waals surface area contributed by atoms with Gasteiger partial charge in [0.2, 0.25) is 10.9 Å². The first-order valence-corrected chi connectivity index (χ1v) is 10.9. The van der Waals surface area contributed by atoms with Crippen molar-refractivity contribution in [2.45, 2.75) is 49.5 Å². The molecule has 11 heteroatoms. The molecule has 2 aromatic rings. The van der Waals surface area contributed by atoms with E-state index in [4.69, 9.17) is 4.42 Å². The third-order valence-corrected chi connectivity index (χ3v) is 7.82. The van der Waals surface area contributed by atoms with Crippen LogP contribution in [-0.4, -0.2) is 41.7 Å². The quantitative estimate of drug-likeness (QED) is 0.791. The Morgan fingerprint density at radius 3 is 2.76 bits per heavy atom. The van der Waals surface area contributed by atoms with Crippen LogP contribution in [0, 0.1) is 11.8 Å². The van der Waals surface area contributed by atoms with E-state index in [1.165, 1.54) is 16.4 Å². The maximum atomic E-state index is 13.0. The summed E-state index contributed by atoms with van der Waals surface area (Å²) in [6.07, 6.45) is -1.80. The van der Waals surface area contributed by atoms with E-state index in [2.05, 4.69) is 9.68 Å². The summed E-state index contributed by atoms with van der Waals surface area (Å²) in [5.41, 5.74) is -1.12. The zero-order chi connectivity index (χ0) is 21.0. The molecule has 0 aromatic carbocycles. The van der Waals surface area contributed by atoms with Gasteiger partial charge in [0.25, 0.3) is 10.0 Å². The van der Waals surface area contributed by atoms with Crippen LogP contribution in [0.15, 0.2) is 32.2 Å². The van der Waals surface area contributed by atoms with E-state index in [9.17, 15) is 26.7 Å². The predicted octanol–water partition coefficient (Wildman–Crippen LogP) is 3.52. The SMILES string of the molecule is CC[C@@]1(O)CCC[C@@H]2CN(S(=O)(=O)c3ccc(-c4cc(C(F)(F)F)on4)o3)C[C@@H]21. The van der Waals surface area contributed by atoms with Crippen LogP contribution in [0.1, 0.15) is 38.4 Å². The highest BCUT2D eigenvalue weighted by atomic mass is 32.2. The fourth-order valence-corrected chi connectivity index (χ4v) is 5.91. The summed E-state index contributed by atoms with van der Waals surface area (Å²) in [6, 6.07) is 3.10. The van der Waals surface area contributed by atoms with Crippen LogP contribution in [-0.2, 0) is 16.2 Å². The number of aliphatic hydroxyl groups is 1. The van der Waals surface area contributed by atoms with Crippen LogP contribution < -0.4 is 0 Å². The molecular formula is C18H21F3N2O5S. The molecule has 3 atom stereocenters. The second-order valence-corrected chi connectivity index (χ2v) is 9.60. The van der Waals surface area contributed by atoms with Crippen molar-refractivity contribution < 1.29 is 35.6 Å². The Balaban J connectivity index is 1.57. The Hall–Kier alpha value is -1.85. The number of halogens is 3. The molecule has 1 saturated heterocycles. The van der Waals surface area contributed by atoms with Gasteiger partial charge in [-0.05, 0) is 37.3 Å². The molecule has 1 N–H and O–H groups in total. The molecular weight excluding hydrogens is 413 g/mol. The van der Waals surface area contributed by atoms with Gasteiger partial charge in [0.15, 0.2) is 5.76 Å². The molecule has 7 nitrogen and oxygen atoms in total. The van der Waals surface area contributed by atoms with Crippen LogP contribution in [0.25, 0.3) is 11.5 Å². The highest BCUT2D eigenvalue weighted by Crippen LogP contribution is 2.45.